The average molecular weight is 461 g/mol. The molecule has 0 bridgehead atoms. The number of carboxylic acids is 1. The zero-order valence-corrected chi connectivity index (χ0v) is 19.2. The van der Waals surface area contributed by atoms with Crippen molar-refractivity contribution < 1.29 is 23.8 Å². The standard InChI is InChI=1S/C27H25FN2O4/c1-15-4-11-22(28)25-24(15)20(16(2)30-25)12-13-29-26(31)18-7-5-17(6-8-18)19-9-10-21(27(32)33)23(14-19)34-3/h4-11,14,30H,12-13H2,1-3H3,(H,29,31)(H,32,33). The van der Waals surface area contributed by atoms with Crippen LogP contribution in [0.1, 0.15) is 37.5 Å². The Labute approximate surface area is 196 Å². The van der Waals surface area contributed by atoms with E-state index in [4.69, 9.17) is 4.74 Å². The third-order valence-electron chi connectivity index (χ3n) is 6.00. The van der Waals surface area contributed by atoms with Crippen LogP contribution in [0.4, 0.5) is 4.39 Å². The molecule has 3 aromatic carbocycles. The lowest BCUT2D eigenvalue weighted by molar-refractivity contribution is 0.0693. The molecule has 0 unspecified atom stereocenters. The Bertz CT molecular complexity index is 1390. The molecule has 0 radical (unpaired) electrons. The summed E-state index contributed by atoms with van der Waals surface area (Å²) in [6.45, 7) is 4.27. The Hall–Kier alpha value is -4.13. The number of carbonyl (C=O) groups is 2. The molecule has 0 aliphatic rings. The van der Waals surface area contributed by atoms with Crippen molar-refractivity contribution in [2.75, 3.05) is 13.7 Å². The molecule has 0 saturated heterocycles. The normalized spacial score (nSPS) is 10.9. The predicted octanol–water partition coefficient (Wildman–Crippen LogP) is 5.27. The van der Waals surface area contributed by atoms with Gasteiger partial charge in [-0.25, -0.2) is 9.18 Å². The van der Waals surface area contributed by atoms with Crippen molar-refractivity contribution in [2.45, 2.75) is 20.3 Å². The first-order chi connectivity index (χ1) is 16.3. The van der Waals surface area contributed by atoms with Crippen LogP contribution in [0.5, 0.6) is 5.75 Å². The van der Waals surface area contributed by atoms with Gasteiger partial charge in [0.15, 0.2) is 0 Å². The fourth-order valence-electron chi connectivity index (χ4n) is 4.22. The second-order valence-electron chi connectivity index (χ2n) is 8.15. The largest absolute Gasteiger partial charge is 0.496 e. The van der Waals surface area contributed by atoms with Crippen molar-refractivity contribution in [2.24, 2.45) is 0 Å². The quantitative estimate of drug-likeness (QED) is 0.350. The number of aryl methyl sites for hydroxylation is 2. The van der Waals surface area contributed by atoms with Gasteiger partial charge in [-0.1, -0.05) is 24.3 Å². The number of methoxy groups -OCH3 is 1. The third kappa shape index (κ3) is 4.37. The summed E-state index contributed by atoms with van der Waals surface area (Å²) in [5.74, 6) is -1.27. The van der Waals surface area contributed by atoms with E-state index in [0.717, 1.165) is 33.3 Å². The molecule has 3 N–H and O–H groups in total. The predicted molar refractivity (Wildman–Crippen MR) is 129 cm³/mol. The minimum atomic E-state index is -1.06. The third-order valence-corrected chi connectivity index (χ3v) is 6.00. The number of hydrogen-bond donors (Lipinski definition) is 3. The van der Waals surface area contributed by atoms with Gasteiger partial charge in [-0.2, -0.15) is 0 Å². The Morgan fingerprint density at radius 1 is 1.03 bits per heavy atom. The van der Waals surface area contributed by atoms with Crippen LogP contribution in [0.2, 0.25) is 0 Å². The fourth-order valence-corrected chi connectivity index (χ4v) is 4.22. The number of aromatic nitrogens is 1. The van der Waals surface area contributed by atoms with Gasteiger partial charge in [0.05, 0.1) is 12.6 Å². The van der Waals surface area contributed by atoms with Crippen molar-refractivity contribution in [3.05, 3.63) is 88.4 Å². The first-order valence-corrected chi connectivity index (χ1v) is 10.9. The molecule has 1 heterocycles. The molecule has 0 saturated carbocycles. The van der Waals surface area contributed by atoms with E-state index in [9.17, 15) is 19.1 Å². The van der Waals surface area contributed by atoms with Crippen molar-refractivity contribution in [1.29, 1.82) is 0 Å². The van der Waals surface area contributed by atoms with Gasteiger partial charge in [-0.15, -0.1) is 0 Å². The average Bonchev–Trinajstić information content (AvgIpc) is 3.18. The lowest BCUT2D eigenvalue weighted by Gasteiger charge is -2.10. The van der Waals surface area contributed by atoms with Gasteiger partial charge in [0.1, 0.15) is 17.1 Å². The number of carbonyl (C=O) groups excluding carboxylic acids is 1. The molecule has 6 nitrogen and oxygen atoms in total. The van der Waals surface area contributed by atoms with E-state index in [1.54, 1.807) is 42.5 Å². The van der Waals surface area contributed by atoms with Crippen LogP contribution >= 0.6 is 0 Å². The maximum atomic E-state index is 14.1. The molecular weight excluding hydrogens is 435 g/mol. The Balaban J connectivity index is 1.44. The van der Waals surface area contributed by atoms with Crippen molar-refractivity contribution >= 4 is 22.8 Å². The summed E-state index contributed by atoms with van der Waals surface area (Å²) >= 11 is 0. The number of hydrogen-bond acceptors (Lipinski definition) is 3. The molecule has 0 spiro atoms. The van der Waals surface area contributed by atoms with E-state index in [1.165, 1.54) is 19.2 Å². The van der Waals surface area contributed by atoms with Crippen LogP contribution in [0.25, 0.3) is 22.0 Å². The number of amides is 1. The molecule has 0 aliphatic heterocycles. The number of ether oxygens (including phenoxy) is 1. The summed E-state index contributed by atoms with van der Waals surface area (Å²) in [6.07, 6.45) is 0.579. The molecule has 34 heavy (non-hydrogen) atoms. The highest BCUT2D eigenvalue weighted by Gasteiger charge is 2.15. The van der Waals surface area contributed by atoms with Gasteiger partial charge >= 0.3 is 5.97 Å². The summed E-state index contributed by atoms with van der Waals surface area (Å²) in [7, 11) is 1.43. The second-order valence-corrected chi connectivity index (χ2v) is 8.15. The van der Waals surface area contributed by atoms with E-state index in [-0.39, 0.29) is 23.0 Å². The minimum Gasteiger partial charge on any atom is -0.496 e. The topological polar surface area (TPSA) is 91.4 Å². The van der Waals surface area contributed by atoms with E-state index in [1.807, 2.05) is 13.8 Å². The van der Waals surface area contributed by atoms with Crippen LogP contribution in [-0.4, -0.2) is 35.6 Å². The first-order valence-electron chi connectivity index (χ1n) is 10.9. The number of rotatable bonds is 7. The highest BCUT2D eigenvalue weighted by Crippen LogP contribution is 2.29. The van der Waals surface area contributed by atoms with Crippen molar-refractivity contribution in [1.82, 2.24) is 10.3 Å². The van der Waals surface area contributed by atoms with Crippen LogP contribution in [0.3, 0.4) is 0 Å². The van der Waals surface area contributed by atoms with Crippen LogP contribution in [0.15, 0.2) is 54.6 Å². The molecule has 174 valence electrons. The lowest BCUT2D eigenvalue weighted by Crippen LogP contribution is -2.25. The van der Waals surface area contributed by atoms with Crippen molar-refractivity contribution in [3.63, 3.8) is 0 Å². The van der Waals surface area contributed by atoms with E-state index in [2.05, 4.69) is 10.3 Å². The minimum absolute atomic E-state index is 0.0885. The van der Waals surface area contributed by atoms with Crippen LogP contribution in [-0.2, 0) is 6.42 Å². The number of benzene rings is 3. The maximum absolute atomic E-state index is 14.1. The Kier molecular flexibility index (Phi) is 6.36. The summed E-state index contributed by atoms with van der Waals surface area (Å²) < 4.78 is 19.3. The number of nitrogens with one attached hydrogen (secondary N) is 2. The number of fused-ring (bicyclic) bond motifs is 1. The summed E-state index contributed by atoms with van der Waals surface area (Å²) in [4.78, 5) is 27.0. The molecule has 4 aromatic rings. The van der Waals surface area contributed by atoms with Crippen LogP contribution < -0.4 is 10.1 Å². The van der Waals surface area contributed by atoms with E-state index >= 15 is 0 Å². The van der Waals surface area contributed by atoms with Crippen LogP contribution in [0, 0.1) is 19.7 Å². The highest BCUT2D eigenvalue weighted by molar-refractivity contribution is 5.95. The Morgan fingerprint density at radius 2 is 1.74 bits per heavy atom. The van der Waals surface area contributed by atoms with E-state index in [0.29, 0.717) is 24.0 Å². The summed E-state index contributed by atoms with van der Waals surface area (Å²) in [6, 6.07) is 15.1. The van der Waals surface area contributed by atoms with Gasteiger partial charge in [0, 0.05) is 23.2 Å². The molecule has 1 aromatic heterocycles. The second kappa shape index (κ2) is 9.39. The zero-order chi connectivity index (χ0) is 24.4. The number of halogens is 1. The number of H-pyrrole nitrogens is 1. The SMILES string of the molecule is COc1cc(-c2ccc(C(=O)NCCc3c(C)[nH]c4c(F)ccc(C)c34)cc2)ccc1C(=O)O. The molecule has 1 amide bonds. The Morgan fingerprint density at radius 3 is 2.41 bits per heavy atom. The maximum Gasteiger partial charge on any atom is 0.339 e. The first kappa shape index (κ1) is 23.0. The van der Waals surface area contributed by atoms with Gasteiger partial charge in [-0.05, 0) is 72.9 Å². The van der Waals surface area contributed by atoms with Gasteiger partial charge < -0.3 is 20.1 Å². The summed E-state index contributed by atoms with van der Waals surface area (Å²) in [5, 5.41) is 13.0. The van der Waals surface area contributed by atoms with Gasteiger partial charge in [-0.3, -0.25) is 4.79 Å². The molecule has 0 fully saturated rings. The van der Waals surface area contributed by atoms with Gasteiger partial charge in [0.25, 0.3) is 5.91 Å². The number of aromatic carboxylic acids is 1. The summed E-state index contributed by atoms with van der Waals surface area (Å²) in [5.41, 5.74) is 5.60. The molecule has 7 heteroatoms. The highest BCUT2D eigenvalue weighted by atomic mass is 19.1. The monoisotopic (exact) mass is 460 g/mol. The smallest absolute Gasteiger partial charge is 0.339 e. The zero-order valence-electron chi connectivity index (χ0n) is 19.2. The molecule has 0 atom stereocenters. The van der Waals surface area contributed by atoms with Crippen molar-refractivity contribution in [3.8, 4) is 16.9 Å². The molecular formula is C27H25FN2O4. The lowest BCUT2D eigenvalue weighted by atomic mass is 10.0. The van der Waals surface area contributed by atoms with Gasteiger partial charge in [0.2, 0.25) is 0 Å². The molecule has 4 rings (SSSR count). The number of aromatic amines is 1. The van der Waals surface area contributed by atoms with E-state index < -0.39 is 5.97 Å². The fraction of sp³-hybridized carbons (Fsp3) is 0.185. The molecule has 0 aliphatic carbocycles. The number of carboxylic acid groups (broad SMARTS) is 1.